The summed E-state index contributed by atoms with van der Waals surface area (Å²) in [5.41, 5.74) is -3.39. The first kappa shape index (κ1) is 35.1. The van der Waals surface area contributed by atoms with E-state index in [0.29, 0.717) is 13.7 Å². The lowest BCUT2D eigenvalue weighted by Crippen LogP contribution is -2.56. The molecule has 2 amide bonds. The number of ether oxygens (including phenoxy) is 2. The number of amides is 2. The Morgan fingerprint density at radius 2 is 1.14 bits per heavy atom. The third-order valence-corrected chi connectivity index (χ3v) is 5.24. The average molecular weight is 592 g/mol. The molecule has 0 saturated heterocycles. The molecule has 0 spiro atoms. The molecule has 1 heterocycles. The molecule has 0 aliphatic carbocycles. The van der Waals surface area contributed by atoms with Crippen LogP contribution in [0.15, 0.2) is 27.0 Å². The first-order valence-corrected chi connectivity index (χ1v) is 12.6. The van der Waals surface area contributed by atoms with Crippen molar-refractivity contribution in [3.8, 4) is 24.7 Å². The van der Waals surface area contributed by atoms with Crippen molar-refractivity contribution in [3.05, 3.63) is 44.1 Å². The molecule has 1 rings (SSSR count). The monoisotopic (exact) mass is 591 g/mol. The molecule has 1 aromatic heterocycles. The van der Waals surface area contributed by atoms with Crippen LogP contribution in [0.2, 0.25) is 0 Å². The average Bonchev–Trinajstić information content (AvgIpc) is 2.97. The second kappa shape index (κ2) is 18.4. The van der Waals surface area contributed by atoms with E-state index in [4.69, 9.17) is 22.3 Å². The number of aliphatic hydroxyl groups is 2. The van der Waals surface area contributed by atoms with Crippen LogP contribution in [0, 0.1) is 24.7 Å². The topological polar surface area (TPSA) is 217 Å². The largest absolute Gasteiger partial charge is 0.463 e. The molecule has 16 heteroatoms. The summed E-state index contributed by atoms with van der Waals surface area (Å²) < 4.78 is 11.4. The third-order valence-electron chi connectivity index (χ3n) is 5.24. The summed E-state index contributed by atoms with van der Waals surface area (Å²) in [6, 6.07) is 0. The van der Waals surface area contributed by atoms with Gasteiger partial charge in [-0.1, -0.05) is 17.9 Å². The van der Waals surface area contributed by atoms with Crippen LogP contribution in [0.1, 0.15) is 25.7 Å². The van der Waals surface area contributed by atoms with Gasteiger partial charge in [0, 0.05) is 12.8 Å². The Morgan fingerprint density at radius 1 is 0.762 bits per heavy atom. The van der Waals surface area contributed by atoms with Gasteiger partial charge in [-0.15, -0.1) is 19.4 Å². The molecule has 2 unspecified atom stereocenters. The van der Waals surface area contributed by atoms with Crippen LogP contribution in [0.4, 0.5) is 0 Å². The minimum atomic E-state index is -1.57. The van der Waals surface area contributed by atoms with Crippen molar-refractivity contribution in [1.29, 1.82) is 0 Å². The Kier molecular flexibility index (Phi) is 15.4. The van der Waals surface area contributed by atoms with E-state index in [1.165, 1.54) is 6.08 Å². The van der Waals surface area contributed by atoms with E-state index in [1.807, 2.05) is 0 Å². The third kappa shape index (κ3) is 12.1. The zero-order valence-corrected chi connectivity index (χ0v) is 22.8. The van der Waals surface area contributed by atoms with Crippen LogP contribution in [-0.4, -0.2) is 86.2 Å². The fourth-order valence-electron chi connectivity index (χ4n) is 3.24. The second-order valence-corrected chi connectivity index (χ2v) is 8.60. The first-order valence-electron chi connectivity index (χ1n) is 12.6. The maximum atomic E-state index is 13.0. The summed E-state index contributed by atoms with van der Waals surface area (Å²) in [6.07, 6.45) is 7.04. The standard InChI is InChI=1S/C26H33N5O11/c1-4-11-27-20(34)7-9-22(36)41-16-18(32)14-30-24(38)29(13-6-3)25(39)31(26(30)40)15-19(33)17-42-23(37)10-8-21(35)28-12-5-2/h1-2,6,18-19,32-33H,3,7-17H2,(H,27,34)(H,28,35). The van der Waals surface area contributed by atoms with Gasteiger partial charge in [0.2, 0.25) is 11.8 Å². The van der Waals surface area contributed by atoms with Gasteiger partial charge in [0.25, 0.3) is 0 Å². The van der Waals surface area contributed by atoms with Crippen LogP contribution >= 0.6 is 0 Å². The summed E-state index contributed by atoms with van der Waals surface area (Å²) in [4.78, 5) is 85.3. The van der Waals surface area contributed by atoms with Gasteiger partial charge in [-0.05, 0) is 0 Å². The molecule has 0 radical (unpaired) electrons. The van der Waals surface area contributed by atoms with Crippen LogP contribution < -0.4 is 27.7 Å². The van der Waals surface area contributed by atoms with E-state index in [9.17, 15) is 43.8 Å². The lowest BCUT2D eigenvalue weighted by molar-refractivity contribution is -0.148. The van der Waals surface area contributed by atoms with E-state index >= 15 is 0 Å². The molecule has 0 aliphatic rings. The van der Waals surface area contributed by atoms with Crippen LogP contribution in [0.5, 0.6) is 0 Å². The summed E-state index contributed by atoms with van der Waals surface area (Å²) in [5.74, 6) is 1.76. The second-order valence-electron chi connectivity index (χ2n) is 8.60. The van der Waals surface area contributed by atoms with Gasteiger partial charge in [-0.3, -0.25) is 19.2 Å². The Hall–Kier alpha value is -4.93. The van der Waals surface area contributed by atoms with E-state index in [-0.39, 0.29) is 45.3 Å². The molecule has 228 valence electrons. The number of carbonyl (C=O) groups excluding carboxylic acids is 4. The molecule has 4 N–H and O–H groups in total. The number of aromatic nitrogens is 3. The predicted octanol–water partition coefficient (Wildman–Crippen LogP) is -3.77. The van der Waals surface area contributed by atoms with Crippen molar-refractivity contribution in [2.45, 2.75) is 57.5 Å². The van der Waals surface area contributed by atoms with E-state index in [2.05, 4.69) is 29.1 Å². The molecule has 42 heavy (non-hydrogen) atoms. The molecule has 1 aromatic rings. The number of rotatable bonds is 18. The Bertz CT molecular complexity index is 1300. The molecule has 0 fully saturated rings. The van der Waals surface area contributed by atoms with Crippen LogP contribution in [-0.2, 0) is 48.3 Å². The summed E-state index contributed by atoms with van der Waals surface area (Å²) in [6.45, 7) is 0.426. The SMILES string of the molecule is C#CCNC(=O)CCC(=O)OCC(O)Cn1c(=O)n(CC=C)c(=O)n(CC(O)COC(=O)CCC(=O)NCC#C)c1=O. The number of terminal acetylenes is 2. The van der Waals surface area contributed by atoms with Crippen molar-refractivity contribution in [2.75, 3.05) is 26.3 Å². The highest BCUT2D eigenvalue weighted by atomic mass is 16.5. The zero-order chi connectivity index (χ0) is 31.7. The summed E-state index contributed by atoms with van der Waals surface area (Å²) >= 11 is 0. The van der Waals surface area contributed by atoms with Crippen LogP contribution in [0.3, 0.4) is 0 Å². The fourth-order valence-corrected chi connectivity index (χ4v) is 3.24. The quantitative estimate of drug-likeness (QED) is 0.0738. The Balaban J connectivity index is 2.89. The molecular formula is C26H33N5O11. The van der Waals surface area contributed by atoms with Crippen molar-refractivity contribution in [3.63, 3.8) is 0 Å². The number of hydrogen-bond donors (Lipinski definition) is 4. The minimum absolute atomic E-state index is 0.0106. The molecule has 2 atom stereocenters. The molecule has 0 aromatic carbocycles. The normalized spacial score (nSPS) is 11.7. The van der Waals surface area contributed by atoms with E-state index in [0.717, 1.165) is 0 Å². The molecular weight excluding hydrogens is 558 g/mol. The Labute approximate surface area is 239 Å². The predicted molar refractivity (Wildman–Crippen MR) is 146 cm³/mol. The van der Waals surface area contributed by atoms with Gasteiger partial charge in [0.15, 0.2) is 0 Å². The molecule has 0 aliphatic heterocycles. The van der Waals surface area contributed by atoms with Crippen molar-refractivity contribution in [1.82, 2.24) is 24.3 Å². The lowest BCUT2D eigenvalue weighted by atomic mass is 10.3. The van der Waals surface area contributed by atoms with Gasteiger partial charge >= 0.3 is 29.0 Å². The smallest absolute Gasteiger partial charge is 0.336 e. The molecule has 16 nitrogen and oxygen atoms in total. The number of nitrogens with one attached hydrogen (secondary N) is 2. The van der Waals surface area contributed by atoms with Crippen LogP contribution in [0.25, 0.3) is 0 Å². The fraction of sp³-hybridized carbons (Fsp3) is 0.500. The van der Waals surface area contributed by atoms with Gasteiger partial charge in [-0.2, -0.15) is 0 Å². The number of nitrogens with zero attached hydrogens (tertiary/aromatic N) is 3. The van der Waals surface area contributed by atoms with Gasteiger partial charge in [-0.25, -0.2) is 28.1 Å². The maximum absolute atomic E-state index is 13.0. The van der Waals surface area contributed by atoms with Crippen molar-refractivity contribution >= 4 is 23.8 Å². The molecule has 0 saturated carbocycles. The summed E-state index contributed by atoms with van der Waals surface area (Å²) in [5, 5.41) is 25.3. The van der Waals surface area contributed by atoms with E-state index in [1.54, 1.807) is 0 Å². The summed E-state index contributed by atoms with van der Waals surface area (Å²) in [7, 11) is 0. The highest BCUT2D eigenvalue weighted by Gasteiger charge is 2.21. The maximum Gasteiger partial charge on any atom is 0.336 e. The first-order chi connectivity index (χ1) is 19.9. The highest BCUT2D eigenvalue weighted by molar-refractivity contribution is 5.82. The van der Waals surface area contributed by atoms with Gasteiger partial charge < -0.3 is 30.3 Å². The van der Waals surface area contributed by atoms with Gasteiger partial charge in [0.05, 0.1) is 45.6 Å². The minimum Gasteiger partial charge on any atom is -0.463 e. The van der Waals surface area contributed by atoms with E-state index < -0.39 is 79.3 Å². The lowest BCUT2D eigenvalue weighted by Gasteiger charge is -2.17. The zero-order valence-electron chi connectivity index (χ0n) is 22.8. The van der Waals surface area contributed by atoms with Crippen molar-refractivity contribution in [2.24, 2.45) is 0 Å². The molecule has 0 bridgehead atoms. The number of esters is 2. The van der Waals surface area contributed by atoms with Gasteiger partial charge in [0.1, 0.15) is 25.4 Å². The number of allylic oxidation sites excluding steroid dienone is 1. The number of hydrogen-bond acceptors (Lipinski definition) is 11. The van der Waals surface area contributed by atoms with Crippen molar-refractivity contribution < 1.29 is 38.9 Å². The number of aliphatic hydroxyl groups excluding tert-OH is 2. The number of carbonyl (C=O) groups is 4. The Morgan fingerprint density at radius 3 is 1.50 bits per heavy atom. The highest BCUT2D eigenvalue weighted by Crippen LogP contribution is 1.98.